The minimum Gasteiger partial charge on any atom is -0.496 e. The van der Waals surface area contributed by atoms with Crippen LogP contribution in [0.1, 0.15) is 55.9 Å². The molecule has 2 aliphatic rings. The van der Waals surface area contributed by atoms with Crippen LogP contribution in [0.3, 0.4) is 0 Å². The summed E-state index contributed by atoms with van der Waals surface area (Å²) in [6.07, 6.45) is 6.10. The lowest BCUT2D eigenvalue weighted by Crippen LogP contribution is -2.65. The molecule has 0 bridgehead atoms. The zero-order chi connectivity index (χ0) is 23.6. The third kappa shape index (κ3) is 4.16. The van der Waals surface area contributed by atoms with Gasteiger partial charge < -0.3 is 29.0 Å². The topological polar surface area (TPSA) is 82.0 Å². The van der Waals surface area contributed by atoms with Crippen molar-refractivity contribution in [3.63, 3.8) is 0 Å². The number of nitrogens with zero attached hydrogens (tertiary/aromatic N) is 2. The van der Waals surface area contributed by atoms with E-state index in [2.05, 4.69) is 5.32 Å². The highest BCUT2D eigenvalue weighted by Crippen LogP contribution is 2.40. The number of carbonyl (C=O) groups is 2. The van der Waals surface area contributed by atoms with E-state index < -0.39 is 5.54 Å². The van der Waals surface area contributed by atoms with Gasteiger partial charge in [0.1, 0.15) is 22.7 Å². The van der Waals surface area contributed by atoms with Crippen molar-refractivity contribution in [3.05, 3.63) is 23.9 Å². The summed E-state index contributed by atoms with van der Waals surface area (Å²) in [4.78, 5) is 29.2. The number of ether oxygens (including phenoxy) is 3. The summed E-state index contributed by atoms with van der Waals surface area (Å²) < 4.78 is 18.3. The Morgan fingerprint density at radius 3 is 2.48 bits per heavy atom. The van der Waals surface area contributed by atoms with Crippen LogP contribution in [0.15, 0.2) is 18.2 Å². The first-order chi connectivity index (χ1) is 15.9. The molecule has 8 heteroatoms. The Morgan fingerprint density at radius 2 is 1.82 bits per heavy atom. The van der Waals surface area contributed by atoms with Crippen molar-refractivity contribution in [3.8, 4) is 11.5 Å². The third-order valence-corrected chi connectivity index (χ3v) is 7.11. The quantitative estimate of drug-likeness (QED) is 0.615. The molecule has 1 saturated carbocycles. The SMILES string of the molecule is COCCCN1C(=O)c2cc3c(OC)ccc(OC)c3n2CC1(C)C(=O)NC1CCCCC1. The van der Waals surface area contributed by atoms with Gasteiger partial charge in [-0.15, -0.1) is 0 Å². The summed E-state index contributed by atoms with van der Waals surface area (Å²) in [6.45, 7) is 3.18. The number of fused-ring (bicyclic) bond motifs is 3. The van der Waals surface area contributed by atoms with Gasteiger partial charge in [0.05, 0.1) is 26.3 Å². The average Bonchev–Trinajstić information content (AvgIpc) is 3.21. The van der Waals surface area contributed by atoms with Gasteiger partial charge in [0.25, 0.3) is 5.91 Å². The second-order valence-electron chi connectivity index (χ2n) is 9.23. The smallest absolute Gasteiger partial charge is 0.271 e. The lowest BCUT2D eigenvalue weighted by atomic mass is 9.91. The number of nitrogens with one attached hydrogen (secondary N) is 1. The minimum atomic E-state index is -1.03. The molecular weight excluding hydrogens is 422 g/mol. The maximum absolute atomic E-state index is 13.8. The Hall–Kier alpha value is -2.74. The summed E-state index contributed by atoms with van der Waals surface area (Å²) in [5, 5.41) is 4.06. The summed E-state index contributed by atoms with van der Waals surface area (Å²) in [5.74, 6) is 1.04. The number of rotatable bonds is 8. The van der Waals surface area contributed by atoms with Gasteiger partial charge in [0, 0.05) is 31.7 Å². The molecule has 1 atom stereocenters. The van der Waals surface area contributed by atoms with Crippen LogP contribution in [0.5, 0.6) is 11.5 Å². The molecule has 1 fully saturated rings. The van der Waals surface area contributed by atoms with Crippen LogP contribution in [0.25, 0.3) is 10.9 Å². The average molecular weight is 458 g/mol. The van der Waals surface area contributed by atoms with Crippen LogP contribution in [0.2, 0.25) is 0 Å². The summed E-state index contributed by atoms with van der Waals surface area (Å²) in [5.41, 5.74) is 0.275. The van der Waals surface area contributed by atoms with E-state index in [1.807, 2.05) is 29.7 Å². The molecule has 0 saturated heterocycles. The van der Waals surface area contributed by atoms with Gasteiger partial charge in [-0.2, -0.15) is 0 Å². The molecule has 2 heterocycles. The maximum Gasteiger partial charge on any atom is 0.271 e. The molecule has 2 aromatic rings. The maximum atomic E-state index is 13.8. The second-order valence-corrected chi connectivity index (χ2v) is 9.23. The van der Waals surface area contributed by atoms with Crippen molar-refractivity contribution in [2.75, 3.05) is 34.5 Å². The first kappa shape index (κ1) is 23.4. The van der Waals surface area contributed by atoms with Crippen molar-refractivity contribution in [2.45, 2.75) is 63.6 Å². The number of hydrogen-bond acceptors (Lipinski definition) is 5. The number of carbonyl (C=O) groups excluding carboxylic acids is 2. The number of amides is 2. The molecule has 0 spiro atoms. The number of methoxy groups -OCH3 is 3. The standard InChI is InChI=1S/C25H35N3O5/c1-25(24(30)26-17-9-6-5-7-10-17)16-27-19(23(29)28(25)13-8-14-31-2)15-18-20(32-3)11-12-21(33-4)22(18)27/h11-12,15,17H,5-10,13-14,16H2,1-4H3,(H,26,30). The summed E-state index contributed by atoms with van der Waals surface area (Å²) in [6, 6.07) is 5.68. The zero-order valence-corrected chi connectivity index (χ0v) is 20.1. The lowest BCUT2D eigenvalue weighted by Gasteiger charge is -2.45. The molecule has 1 aliphatic carbocycles. The van der Waals surface area contributed by atoms with Crippen LogP contribution in [-0.4, -0.2) is 67.3 Å². The number of benzene rings is 1. The Bertz CT molecular complexity index is 1030. The summed E-state index contributed by atoms with van der Waals surface area (Å²) >= 11 is 0. The van der Waals surface area contributed by atoms with E-state index in [-0.39, 0.29) is 17.9 Å². The molecule has 1 N–H and O–H groups in total. The first-order valence-electron chi connectivity index (χ1n) is 11.8. The zero-order valence-electron chi connectivity index (χ0n) is 20.1. The Labute approximate surface area is 195 Å². The van der Waals surface area contributed by atoms with E-state index in [1.54, 1.807) is 26.2 Å². The van der Waals surface area contributed by atoms with Gasteiger partial charge in [-0.3, -0.25) is 9.59 Å². The molecule has 1 aliphatic heterocycles. The molecule has 1 aromatic heterocycles. The minimum absolute atomic E-state index is 0.102. The predicted molar refractivity (Wildman–Crippen MR) is 126 cm³/mol. The van der Waals surface area contributed by atoms with Crippen molar-refractivity contribution < 1.29 is 23.8 Å². The van der Waals surface area contributed by atoms with Crippen molar-refractivity contribution in [1.82, 2.24) is 14.8 Å². The largest absolute Gasteiger partial charge is 0.496 e. The number of hydrogen-bond donors (Lipinski definition) is 1. The highest BCUT2D eigenvalue weighted by atomic mass is 16.5. The fourth-order valence-electron chi connectivity index (χ4n) is 5.26. The molecular formula is C25H35N3O5. The predicted octanol–water partition coefficient (Wildman–Crippen LogP) is 3.36. The lowest BCUT2D eigenvalue weighted by molar-refractivity contribution is -0.133. The van der Waals surface area contributed by atoms with Crippen molar-refractivity contribution in [2.24, 2.45) is 0 Å². The van der Waals surface area contributed by atoms with Crippen LogP contribution < -0.4 is 14.8 Å². The third-order valence-electron chi connectivity index (χ3n) is 7.11. The van der Waals surface area contributed by atoms with E-state index in [9.17, 15) is 9.59 Å². The monoisotopic (exact) mass is 457 g/mol. The molecule has 2 amide bonds. The summed E-state index contributed by atoms with van der Waals surface area (Å²) in [7, 11) is 4.86. The molecule has 0 radical (unpaired) electrons. The van der Waals surface area contributed by atoms with Crippen LogP contribution in [0.4, 0.5) is 0 Å². The van der Waals surface area contributed by atoms with Gasteiger partial charge in [0.2, 0.25) is 5.91 Å². The van der Waals surface area contributed by atoms with Gasteiger partial charge in [-0.25, -0.2) is 0 Å². The Kier molecular flexibility index (Phi) is 6.83. The molecule has 1 aromatic carbocycles. The van der Waals surface area contributed by atoms with E-state index >= 15 is 0 Å². The molecule has 1 unspecified atom stereocenters. The Morgan fingerprint density at radius 1 is 1.12 bits per heavy atom. The number of aromatic nitrogens is 1. The van der Waals surface area contributed by atoms with E-state index in [0.717, 1.165) is 36.6 Å². The van der Waals surface area contributed by atoms with Gasteiger partial charge in [-0.1, -0.05) is 19.3 Å². The molecule has 33 heavy (non-hydrogen) atoms. The first-order valence-corrected chi connectivity index (χ1v) is 11.8. The fourth-order valence-corrected chi connectivity index (χ4v) is 5.26. The van der Waals surface area contributed by atoms with Crippen molar-refractivity contribution in [1.29, 1.82) is 0 Å². The van der Waals surface area contributed by atoms with E-state index in [0.29, 0.717) is 43.3 Å². The second kappa shape index (κ2) is 9.63. The van der Waals surface area contributed by atoms with Crippen LogP contribution >= 0.6 is 0 Å². The highest BCUT2D eigenvalue weighted by Gasteiger charge is 2.48. The van der Waals surface area contributed by atoms with Crippen LogP contribution in [0, 0.1) is 0 Å². The fraction of sp³-hybridized carbons (Fsp3) is 0.600. The molecule has 180 valence electrons. The molecule has 8 nitrogen and oxygen atoms in total. The molecule has 4 rings (SSSR count). The normalized spacial score (nSPS) is 21.2. The van der Waals surface area contributed by atoms with E-state index in [4.69, 9.17) is 14.2 Å². The van der Waals surface area contributed by atoms with Crippen LogP contribution in [-0.2, 0) is 16.1 Å². The van der Waals surface area contributed by atoms with Gasteiger partial charge in [-0.05, 0) is 44.4 Å². The van der Waals surface area contributed by atoms with Gasteiger partial charge >= 0.3 is 0 Å². The Balaban J connectivity index is 1.78. The van der Waals surface area contributed by atoms with Gasteiger partial charge in [0.15, 0.2) is 0 Å². The highest BCUT2D eigenvalue weighted by molar-refractivity contribution is 6.05. The van der Waals surface area contributed by atoms with E-state index in [1.165, 1.54) is 6.42 Å². The van der Waals surface area contributed by atoms with Crippen molar-refractivity contribution >= 4 is 22.7 Å².